The van der Waals surface area contributed by atoms with E-state index in [9.17, 15) is 14.4 Å². The molecule has 0 aliphatic carbocycles. The van der Waals surface area contributed by atoms with E-state index < -0.39 is 17.8 Å². The third kappa shape index (κ3) is 4.20. The van der Waals surface area contributed by atoms with Gasteiger partial charge in [-0.1, -0.05) is 31.2 Å². The van der Waals surface area contributed by atoms with E-state index in [0.717, 1.165) is 12.0 Å². The van der Waals surface area contributed by atoms with Crippen LogP contribution in [0.2, 0.25) is 0 Å². The van der Waals surface area contributed by atoms with Crippen molar-refractivity contribution in [3.05, 3.63) is 83.1 Å². The summed E-state index contributed by atoms with van der Waals surface area (Å²) < 4.78 is 5.80. The summed E-state index contributed by atoms with van der Waals surface area (Å²) in [5, 5.41) is 9.14. The lowest BCUT2D eigenvalue weighted by atomic mass is 10.1. The van der Waals surface area contributed by atoms with Crippen LogP contribution in [-0.2, 0) is 16.0 Å². The standard InChI is InChI=1S/C25H20N2O5S/c1-3-15-4-10-18(11-5-15)27-23(29)20(22(28)26(2)25(27)33)14-19-12-13-21(32-19)16-6-8-17(9-7-16)24(30)31/h4-14H,3H2,1-2H3,(H,30,31). The number of nitrogens with zero attached hydrogens (tertiary/aromatic N) is 2. The molecule has 166 valence electrons. The summed E-state index contributed by atoms with van der Waals surface area (Å²) in [5.41, 5.74) is 2.45. The predicted octanol–water partition coefficient (Wildman–Crippen LogP) is 4.38. The van der Waals surface area contributed by atoms with Gasteiger partial charge in [0, 0.05) is 12.6 Å². The molecule has 3 aromatic rings. The number of carbonyl (C=O) groups is 3. The second kappa shape index (κ2) is 8.84. The van der Waals surface area contributed by atoms with Gasteiger partial charge in [-0.2, -0.15) is 0 Å². The Bertz CT molecular complexity index is 1290. The number of furan rings is 1. The van der Waals surface area contributed by atoms with E-state index in [1.165, 1.54) is 35.1 Å². The largest absolute Gasteiger partial charge is 0.478 e. The highest BCUT2D eigenvalue weighted by molar-refractivity contribution is 7.80. The maximum Gasteiger partial charge on any atom is 0.335 e. The molecular weight excluding hydrogens is 440 g/mol. The molecule has 0 spiro atoms. The van der Waals surface area contributed by atoms with Gasteiger partial charge in [0.25, 0.3) is 11.8 Å². The number of carboxylic acid groups (broad SMARTS) is 1. The van der Waals surface area contributed by atoms with Gasteiger partial charge in [0.05, 0.1) is 11.3 Å². The van der Waals surface area contributed by atoms with E-state index in [2.05, 4.69) is 0 Å². The quantitative estimate of drug-likeness (QED) is 0.345. The fraction of sp³-hybridized carbons (Fsp3) is 0.120. The third-order valence-electron chi connectivity index (χ3n) is 5.38. The first-order valence-electron chi connectivity index (χ1n) is 10.2. The summed E-state index contributed by atoms with van der Waals surface area (Å²) in [6.07, 6.45) is 2.26. The lowest BCUT2D eigenvalue weighted by Gasteiger charge is -2.34. The number of thiocarbonyl (C=S) groups is 1. The third-order valence-corrected chi connectivity index (χ3v) is 5.84. The van der Waals surface area contributed by atoms with Gasteiger partial charge in [-0.25, -0.2) is 4.79 Å². The van der Waals surface area contributed by atoms with Crippen molar-refractivity contribution in [1.82, 2.24) is 4.90 Å². The maximum absolute atomic E-state index is 13.3. The van der Waals surface area contributed by atoms with Gasteiger partial charge in [0.2, 0.25) is 0 Å². The monoisotopic (exact) mass is 460 g/mol. The van der Waals surface area contributed by atoms with Crippen LogP contribution >= 0.6 is 12.2 Å². The molecule has 0 saturated carbocycles. The van der Waals surface area contributed by atoms with Crippen LogP contribution in [0.4, 0.5) is 5.69 Å². The molecule has 1 saturated heterocycles. The lowest BCUT2D eigenvalue weighted by molar-refractivity contribution is -0.127. The fourth-order valence-corrected chi connectivity index (χ4v) is 3.72. The number of aromatic carboxylic acids is 1. The average molecular weight is 461 g/mol. The van der Waals surface area contributed by atoms with Gasteiger partial charge >= 0.3 is 5.97 Å². The Balaban J connectivity index is 1.66. The Hall–Kier alpha value is -4.04. The van der Waals surface area contributed by atoms with Crippen molar-refractivity contribution in [2.45, 2.75) is 13.3 Å². The second-order valence-electron chi connectivity index (χ2n) is 7.45. The van der Waals surface area contributed by atoms with Crippen molar-refractivity contribution in [3.8, 4) is 11.3 Å². The highest BCUT2D eigenvalue weighted by atomic mass is 32.1. The number of amides is 2. The van der Waals surface area contributed by atoms with E-state index in [1.807, 2.05) is 19.1 Å². The highest BCUT2D eigenvalue weighted by Crippen LogP contribution is 2.28. The van der Waals surface area contributed by atoms with Crippen molar-refractivity contribution in [3.63, 3.8) is 0 Å². The van der Waals surface area contributed by atoms with E-state index >= 15 is 0 Å². The Morgan fingerprint density at radius 2 is 1.67 bits per heavy atom. The minimum absolute atomic E-state index is 0.0761. The smallest absolute Gasteiger partial charge is 0.335 e. The molecule has 1 N–H and O–H groups in total. The molecule has 0 bridgehead atoms. The van der Waals surface area contributed by atoms with E-state index in [0.29, 0.717) is 22.8 Å². The predicted molar refractivity (Wildman–Crippen MR) is 128 cm³/mol. The normalized spacial score (nSPS) is 15.5. The first-order chi connectivity index (χ1) is 15.8. The number of hydrogen-bond donors (Lipinski definition) is 1. The SMILES string of the molecule is CCc1ccc(N2C(=O)C(=Cc3ccc(-c4ccc(C(=O)O)cc4)o3)C(=O)N(C)C2=S)cc1. The molecular formula is C25H20N2O5S. The Morgan fingerprint density at radius 3 is 2.27 bits per heavy atom. The highest BCUT2D eigenvalue weighted by Gasteiger charge is 2.38. The molecule has 1 aromatic heterocycles. The number of benzene rings is 2. The summed E-state index contributed by atoms with van der Waals surface area (Å²) in [4.78, 5) is 39.7. The molecule has 1 aliphatic rings. The molecule has 8 heteroatoms. The Kier molecular flexibility index (Phi) is 5.93. The molecule has 1 aliphatic heterocycles. The maximum atomic E-state index is 13.3. The molecule has 2 aromatic carbocycles. The van der Waals surface area contributed by atoms with Gasteiger partial charge in [0.15, 0.2) is 5.11 Å². The van der Waals surface area contributed by atoms with E-state index in [-0.39, 0.29) is 16.2 Å². The van der Waals surface area contributed by atoms with Crippen LogP contribution < -0.4 is 4.90 Å². The number of hydrogen-bond acceptors (Lipinski definition) is 5. The summed E-state index contributed by atoms with van der Waals surface area (Å²) in [6.45, 7) is 2.04. The number of likely N-dealkylation sites (N-methyl/N-ethyl adjacent to an activating group) is 1. The van der Waals surface area contributed by atoms with Gasteiger partial charge in [-0.3, -0.25) is 19.4 Å². The first kappa shape index (κ1) is 22.2. The number of carboxylic acids is 1. The van der Waals surface area contributed by atoms with Crippen LogP contribution in [0.3, 0.4) is 0 Å². The Morgan fingerprint density at radius 1 is 1.00 bits per heavy atom. The van der Waals surface area contributed by atoms with Gasteiger partial charge in [-0.05, 0) is 66.7 Å². The summed E-state index contributed by atoms with van der Waals surface area (Å²) in [6, 6.07) is 17.0. The average Bonchev–Trinajstić information content (AvgIpc) is 3.30. The van der Waals surface area contributed by atoms with E-state index in [1.54, 1.807) is 36.4 Å². The minimum atomic E-state index is -1.02. The summed E-state index contributed by atoms with van der Waals surface area (Å²) >= 11 is 5.38. The van der Waals surface area contributed by atoms with E-state index in [4.69, 9.17) is 21.7 Å². The van der Waals surface area contributed by atoms with Crippen LogP contribution in [0, 0.1) is 0 Å². The molecule has 0 unspecified atom stereocenters. The van der Waals surface area contributed by atoms with Crippen molar-refractivity contribution in [2.75, 3.05) is 11.9 Å². The van der Waals surface area contributed by atoms with Gasteiger partial charge in [0.1, 0.15) is 17.1 Å². The number of aryl methyl sites for hydroxylation is 1. The molecule has 2 heterocycles. The van der Waals surface area contributed by atoms with Gasteiger partial charge < -0.3 is 9.52 Å². The van der Waals surface area contributed by atoms with Crippen LogP contribution in [0.15, 0.2) is 70.7 Å². The summed E-state index contributed by atoms with van der Waals surface area (Å²) in [7, 11) is 1.52. The van der Waals surface area contributed by atoms with Crippen molar-refractivity contribution < 1.29 is 23.9 Å². The number of anilines is 1. The van der Waals surface area contributed by atoms with Gasteiger partial charge in [-0.15, -0.1) is 0 Å². The zero-order chi connectivity index (χ0) is 23.7. The topological polar surface area (TPSA) is 91.1 Å². The molecule has 7 nitrogen and oxygen atoms in total. The molecule has 33 heavy (non-hydrogen) atoms. The van der Waals surface area contributed by atoms with Crippen LogP contribution in [0.5, 0.6) is 0 Å². The van der Waals surface area contributed by atoms with Crippen molar-refractivity contribution in [1.29, 1.82) is 0 Å². The number of carbonyl (C=O) groups excluding carboxylic acids is 2. The number of rotatable bonds is 5. The second-order valence-corrected chi connectivity index (χ2v) is 7.81. The molecule has 2 amide bonds. The lowest BCUT2D eigenvalue weighted by Crippen LogP contribution is -2.54. The molecule has 0 atom stereocenters. The summed E-state index contributed by atoms with van der Waals surface area (Å²) in [5.74, 6) is -1.28. The van der Waals surface area contributed by atoms with Crippen molar-refractivity contribution >= 4 is 46.9 Å². The Labute approximate surface area is 195 Å². The zero-order valence-corrected chi connectivity index (χ0v) is 18.8. The van der Waals surface area contributed by atoms with Crippen LogP contribution in [0.25, 0.3) is 17.4 Å². The minimum Gasteiger partial charge on any atom is -0.478 e. The zero-order valence-electron chi connectivity index (χ0n) is 17.9. The van der Waals surface area contributed by atoms with Crippen molar-refractivity contribution in [2.24, 2.45) is 0 Å². The fourth-order valence-electron chi connectivity index (χ4n) is 3.45. The first-order valence-corrected chi connectivity index (χ1v) is 10.6. The van der Waals surface area contributed by atoms with Crippen LogP contribution in [-0.4, -0.2) is 40.0 Å². The molecule has 1 fully saturated rings. The molecule has 4 rings (SSSR count). The molecule has 0 radical (unpaired) electrons. The van der Waals surface area contributed by atoms with Crippen LogP contribution in [0.1, 0.15) is 28.6 Å².